The van der Waals surface area contributed by atoms with Crippen LogP contribution in [0.2, 0.25) is 5.02 Å². The Hall–Kier alpha value is -3.51. The highest BCUT2D eigenvalue weighted by Gasteiger charge is 2.35. The molecule has 9 nitrogen and oxygen atoms in total. The van der Waals surface area contributed by atoms with Gasteiger partial charge in [0, 0.05) is 69.2 Å². The molecular formula is C26H28ClF3N8O. The minimum absolute atomic E-state index is 0.0166. The van der Waals surface area contributed by atoms with E-state index in [0.717, 1.165) is 18.9 Å². The molecule has 39 heavy (non-hydrogen) atoms. The van der Waals surface area contributed by atoms with E-state index in [-0.39, 0.29) is 24.1 Å². The molecule has 2 saturated heterocycles. The lowest BCUT2D eigenvalue weighted by molar-refractivity contribution is 0.0662. The molecule has 0 bridgehead atoms. The van der Waals surface area contributed by atoms with Crippen molar-refractivity contribution in [2.75, 3.05) is 42.5 Å². The van der Waals surface area contributed by atoms with E-state index >= 15 is 0 Å². The van der Waals surface area contributed by atoms with E-state index in [1.807, 2.05) is 11.8 Å². The molecule has 206 valence electrons. The fraction of sp³-hybridized carbons (Fsp3) is 0.423. The van der Waals surface area contributed by atoms with Crippen LogP contribution < -0.4 is 15.5 Å². The van der Waals surface area contributed by atoms with Crippen molar-refractivity contribution in [2.24, 2.45) is 5.73 Å². The summed E-state index contributed by atoms with van der Waals surface area (Å²) in [5.74, 6) is -3.00. The summed E-state index contributed by atoms with van der Waals surface area (Å²) in [5, 5.41) is 0.481. The minimum Gasteiger partial charge on any atom is -0.341 e. The Balaban J connectivity index is 1.22. The predicted octanol–water partition coefficient (Wildman–Crippen LogP) is 3.40. The molecular weight excluding hydrogens is 533 g/mol. The van der Waals surface area contributed by atoms with Crippen LogP contribution in [-0.2, 0) is 0 Å². The van der Waals surface area contributed by atoms with Gasteiger partial charge in [-0.05, 0) is 31.4 Å². The molecule has 2 aliphatic heterocycles. The first-order chi connectivity index (χ1) is 18.7. The summed E-state index contributed by atoms with van der Waals surface area (Å²) >= 11 is 5.88. The van der Waals surface area contributed by atoms with Crippen molar-refractivity contribution >= 4 is 29.4 Å². The molecule has 3 aromatic rings. The van der Waals surface area contributed by atoms with E-state index in [9.17, 15) is 18.0 Å². The van der Waals surface area contributed by atoms with Crippen molar-refractivity contribution in [3.8, 4) is 0 Å². The summed E-state index contributed by atoms with van der Waals surface area (Å²) in [5.41, 5.74) is 6.58. The molecule has 2 atom stereocenters. The van der Waals surface area contributed by atoms with Crippen LogP contribution in [0, 0.1) is 17.5 Å². The molecule has 1 aromatic carbocycles. The van der Waals surface area contributed by atoms with E-state index in [1.165, 1.54) is 12.4 Å². The maximum absolute atomic E-state index is 14.3. The zero-order chi connectivity index (χ0) is 27.7. The molecule has 2 fully saturated rings. The van der Waals surface area contributed by atoms with Gasteiger partial charge in [0.1, 0.15) is 5.82 Å². The van der Waals surface area contributed by atoms with Crippen LogP contribution in [0.25, 0.3) is 0 Å². The van der Waals surface area contributed by atoms with E-state index in [0.29, 0.717) is 54.7 Å². The molecule has 0 spiro atoms. The molecule has 0 unspecified atom stereocenters. The first-order valence-electron chi connectivity index (χ1n) is 12.8. The lowest BCUT2D eigenvalue weighted by Gasteiger charge is -2.38. The fourth-order valence-electron chi connectivity index (χ4n) is 5.32. The second-order valence-electron chi connectivity index (χ2n) is 9.75. The number of piperidine rings is 1. The monoisotopic (exact) mass is 560 g/mol. The largest absolute Gasteiger partial charge is 0.341 e. The summed E-state index contributed by atoms with van der Waals surface area (Å²) in [6, 6.07) is 0.905. The SMILES string of the molecule is CCN(C(=O)c1cnc(N2C[C@H](c3cc(F)c(F)cc3F)[C@@H](N)C2)nc1)C1CCN(c2ncc(Cl)cn2)CC1. The van der Waals surface area contributed by atoms with E-state index in [1.54, 1.807) is 17.3 Å². The third kappa shape index (κ3) is 5.62. The Morgan fingerprint density at radius 2 is 1.54 bits per heavy atom. The van der Waals surface area contributed by atoms with E-state index < -0.39 is 29.4 Å². The summed E-state index contributed by atoms with van der Waals surface area (Å²) in [7, 11) is 0. The normalized spacial score (nSPS) is 19.9. The first-order valence-corrected chi connectivity index (χ1v) is 13.1. The van der Waals surface area contributed by atoms with Crippen LogP contribution in [0.1, 0.15) is 41.6 Å². The number of nitrogens with two attached hydrogens (primary N) is 1. The molecule has 4 heterocycles. The fourth-order valence-corrected chi connectivity index (χ4v) is 5.42. The Labute approximate surface area is 228 Å². The smallest absolute Gasteiger partial charge is 0.257 e. The van der Waals surface area contributed by atoms with Gasteiger partial charge >= 0.3 is 0 Å². The first kappa shape index (κ1) is 27.1. The van der Waals surface area contributed by atoms with E-state index in [2.05, 4.69) is 24.8 Å². The number of rotatable bonds is 6. The predicted molar refractivity (Wildman–Crippen MR) is 140 cm³/mol. The van der Waals surface area contributed by atoms with Crippen molar-refractivity contribution in [2.45, 2.75) is 37.8 Å². The van der Waals surface area contributed by atoms with E-state index in [4.69, 9.17) is 17.3 Å². The Kier molecular flexibility index (Phi) is 7.85. The summed E-state index contributed by atoms with van der Waals surface area (Å²) in [6.45, 7) is 4.41. The number of halogens is 4. The van der Waals surface area contributed by atoms with Gasteiger partial charge < -0.3 is 20.4 Å². The van der Waals surface area contributed by atoms with Crippen LogP contribution in [0.4, 0.5) is 25.1 Å². The topological polar surface area (TPSA) is 104 Å². The van der Waals surface area contributed by atoms with Crippen molar-refractivity contribution in [1.82, 2.24) is 24.8 Å². The van der Waals surface area contributed by atoms with Gasteiger partial charge in [-0.1, -0.05) is 11.6 Å². The zero-order valence-electron chi connectivity index (χ0n) is 21.3. The third-order valence-electron chi connectivity index (χ3n) is 7.37. The number of amides is 1. The van der Waals surface area contributed by atoms with Crippen molar-refractivity contribution in [3.63, 3.8) is 0 Å². The Bertz CT molecular complexity index is 1320. The van der Waals surface area contributed by atoms with Crippen LogP contribution in [0.3, 0.4) is 0 Å². The van der Waals surface area contributed by atoms with Gasteiger partial charge in [0.2, 0.25) is 11.9 Å². The molecule has 0 aliphatic carbocycles. The molecule has 1 amide bonds. The average Bonchev–Trinajstić information content (AvgIpc) is 3.33. The molecule has 2 aliphatic rings. The van der Waals surface area contributed by atoms with Gasteiger partial charge in [-0.15, -0.1) is 0 Å². The molecule has 2 aromatic heterocycles. The van der Waals surface area contributed by atoms with Crippen molar-refractivity contribution < 1.29 is 18.0 Å². The molecule has 5 rings (SSSR count). The Morgan fingerprint density at radius 3 is 2.18 bits per heavy atom. The van der Waals surface area contributed by atoms with Crippen molar-refractivity contribution in [1.29, 1.82) is 0 Å². The molecule has 0 radical (unpaired) electrons. The average molecular weight is 561 g/mol. The van der Waals surface area contributed by atoms with Gasteiger partial charge in [0.15, 0.2) is 11.6 Å². The van der Waals surface area contributed by atoms with Crippen LogP contribution >= 0.6 is 11.6 Å². The summed E-state index contributed by atoms with van der Waals surface area (Å²) in [4.78, 5) is 36.3. The lowest BCUT2D eigenvalue weighted by Crippen LogP contribution is -2.47. The Morgan fingerprint density at radius 1 is 0.949 bits per heavy atom. The molecule has 2 N–H and O–H groups in total. The van der Waals surface area contributed by atoms with Crippen LogP contribution in [0.5, 0.6) is 0 Å². The standard InChI is InChI=1S/C26H28ClF3N8O/c1-2-38(17-3-5-36(6-4-17)25-34-11-16(27)12-35-25)24(39)15-9-32-26(33-10-15)37-13-19(23(31)14-37)18-7-21(29)22(30)8-20(18)28/h7-12,17,19,23H,2-6,13-14,31H2,1H3/t19-,23+/m1/s1. The highest BCUT2D eigenvalue weighted by atomic mass is 35.5. The summed E-state index contributed by atoms with van der Waals surface area (Å²) in [6.07, 6.45) is 7.61. The number of hydrogen-bond donors (Lipinski definition) is 1. The van der Waals surface area contributed by atoms with Gasteiger partial charge in [-0.2, -0.15) is 0 Å². The number of nitrogens with zero attached hydrogens (tertiary/aromatic N) is 7. The number of carbonyl (C=O) groups is 1. The summed E-state index contributed by atoms with van der Waals surface area (Å²) < 4.78 is 41.5. The zero-order valence-corrected chi connectivity index (χ0v) is 22.0. The third-order valence-corrected chi connectivity index (χ3v) is 7.56. The second-order valence-corrected chi connectivity index (χ2v) is 10.2. The maximum Gasteiger partial charge on any atom is 0.257 e. The molecule has 13 heteroatoms. The lowest BCUT2D eigenvalue weighted by atomic mass is 9.94. The van der Waals surface area contributed by atoms with Gasteiger partial charge in [-0.25, -0.2) is 33.1 Å². The van der Waals surface area contributed by atoms with Gasteiger partial charge in [0.25, 0.3) is 5.91 Å². The number of benzene rings is 1. The van der Waals surface area contributed by atoms with Crippen molar-refractivity contribution in [3.05, 3.63) is 70.5 Å². The van der Waals surface area contributed by atoms with Crippen LogP contribution in [-0.4, -0.2) is 75.6 Å². The minimum atomic E-state index is -1.24. The van der Waals surface area contributed by atoms with Crippen LogP contribution in [0.15, 0.2) is 36.9 Å². The van der Waals surface area contributed by atoms with Gasteiger partial charge in [0.05, 0.1) is 23.0 Å². The highest BCUT2D eigenvalue weighted by molar-refractivity contribution is 6.30. The molecule has 0 saturated carbocycles. The number of aromatic nitrogens is 4. The highest BCUT2D eigenvalue weighted by Crippen LogP contribution is 2.31. The number of carbonyl (C=O) groups excluding carboxylic acids is 1. The quantitative estimate of drug-likeness (QED) is 0.458. The van der Waals surface area contributed by atoms with Gasteiger partial charge in [-0.3, -0.25) is 4.79 Å². The number of anilines is 2. The second kappa shape index (κ2) is 11.3. The maximum atomic E-state index is 14.3. The number of hydrogen-bond acceptors (Lipinski definition) is 8.